The van der Waals surface area contributed by atoms with Crippen molar-refractivity contribution >= 4 is 15.8 Å². The van der Waals surface area contributed by atoms with Gasteiger partial charge in [-0.3, -0.25) is 0 Å². The van der Waals surface area contributed by atoms with E-state index in [0.29, 0.717) is 6.42 Å². The number of carbonyl (C=O) groups is 1. The highest BCUT2D eigenvalue weighted by Crippen LogP contribution is 2.19. The van der Waals surface area contributed by atoms with Crippen LogP contribution in [0.4, 0.5) is 4.39 Å². The van der Waals surface area contributed by atoms with Gasteiger partial charge in [0.2, 0.25) is 0 Å². The first-order chi connectivity index (χ1) is 8.24. The summed E-state index contributed by atoms with van der Waals surface area (Å²) in [5.41, 5.74) is -0.268. The van der Waals surface area contributed by atoms with E-state index in [-0.39, 0.29) is 17.2 Å². The van der Waals surface area contributed by atoms with Gasteiger partial charge in [0.15, 0.2) is 9.84 Å². The van der Waals surface area contributed by atoms with E-state index in [1.165, 1.54) is 0 Å². The lowest BCUT2D eigenvalue weighted by Gasteiger charge is -2.08. The van der Waals surface area contributed by atoms with Gasteiger partial charge in [-0.1, -0.05) is 13.8 Å². The quantitative estimate of drug-likeness (QED) is 0.894. The van der Waals surface area contributed by atoms with Crippen LogP contribution in [0.25, 0.3) is 0 Å². The maximum atomic E-state index is 13.6. The molecule has 0 aliphatic rings. The van der Waals surface area contributed by atoms with Gasteiger partial charge in [-0.05, 0) is 30.5 Å². The largest absolute Gasteiger partial charge is 0.478 e. The summed E-state index contributed by atoms with van der Waals surface area (Å²) in [7, 11) is -3.70. The van der Waals surface area contributed by atoms with Crippen molar-refractivity contribution in [1.29, 1.82) is 0 Å². The van der Waals surface area contributed by atoms with E-state index in [1.54, 1.807) is 0 Å². The van der Waals surface area contributed by atoms with Crippen LogP contribution in [0.3, 0.4) is 0 Å². The van der Waals surface area contributed by atoms with E-state index in [1.807, 2.05) is 13.8 Å². The highest BCUT2D eigenvalue weighted by Gasteiger charge is 2.20. The third kappa shape index (κ3) is 3.53. The van der Waals surface area contributed by atoms with Gasteiger partial charge in [0, 0.05) is 0 Å². The number of carboxylic acid groups (broad SMARTS) is 1. The average molecular weight is 274 g/mol. The van der Waals surface area contributed by atoms with E-state index >= 15 is 0 Å². The Kier molecular flexibility index (Phi) is 4.45. The molecular formula is C12H15FO4S. The molecule has 0 bridgehead atoms. The fraction of sp³-hybridized carbons (Fsp3) is 0.417. The monoisotopic (exact) mass is 274 g/mol. The summed E-state index contributed by atoms with van der Waals surface area (Å²) in [6.07, 6.45) is 0.433. The van der Waals surface area contributed by atoms with Crippen LogP contribution in [0.2, 0.25) is 0 Å². The first-order valence-corrected chi connectivity index (χ1v) is 7.15. The number of rotatable bonds is 5. The third-order valence-corrected chi connectivity index (χ3v) is 4.25. The Hall–Kier alpha value is -1.43. The topological polar surface area (TPSA) is 71.4 Å². The van der Waals surface area contributed by atoms with Crippen LogP contribution in [-0.4, -0.2) is 25.2 Å². The molecule has 0 saturated heterocycles. The molecule has 6 heteroatoms. The Labute approximate surface area is 105 Å². The van der Waals surface area contributed by atoms with Gasteiger partial charge < -0.3 is 5.11 Å². The van der Waals surface area contributed by atoms with Crippen molar-refractivity contribution in [2.24, 2.45) is 5.92 Å². The number of hydrogen-bond acceptors (Lipinski definition) is 3. The van der Waals surface area contributed by atoms with E-state index in [9.17, 15) is 17.6 Å². The fourth-order valence-electron chi connectivity index (χ4n) is 1.39. The van der Waals surface area contributed by atoms with Gasteiger partial charge in [0.25, 0.3) is 0 Å². The summed E-state index contributed by atoms with van der Waals surface area (Å²) >= 11 is 0. The number of halogens is 1. The second kappa shape index (κ2) is 5.48. The zero-order chi connectivity index (χ0) is 13.9. The van der Waals surface area contributed by atoms with Crippen molar-refractivity contribution in [3.63, 3.8) is 0 Å². The van der Waals surface area contributed by atoms with Crippen molar-refractivity contribution in [3.8, 4) is 0 Å². The molecule has 100 valence electrons. The highest BCUT2D eigenvalue weighted by atomic mass is 32.2. The summed E-state index contributed by atoms with van der Waals surface area (Å²) < 4.78 is 37.3. The lowest BCUT2D eigenvalue weighted by atomic mass is 10.2. The highest BCUT2D eigenvalue weighted by molar-refractivity contribution is 7.91. The molecule has 1 aromatic rings. The van der Waals surface area contributed by atoms with Crippen LogP contribution >= 0.6 is 0 Å². The van der Waals surface area contributed by atoms with E-state index in [4.69, 9.17) is 5.11 Å². The molecule has 1 aromatic carbocycles. The predicted octanol–water partition coefficient (Wildman–Crippen LogP) is 2.34. The molecule has 0 radical (unpaired) electrons. The van der Waals surface area contributed by atoms with E-state index in [0.717, 1.165) is 18.2 Å². The summed E-state index contributed by atoms with van der Waals surface area (Å²) in [5.74, 6) is -2.26. The molecule has 1 rings (SSSR count). The van der Waals surface area contributed by atoms with Gasteiger partial charge in [-0.25, -0.2) is 17.6 Å². The zero-order valence-corrected chi connectivity index (χ0v) is 11.0. The lowest BCUT2D eigenvalue weighted by molar-refractivity contribution is 0.0696. The van der Waals surface area contributed by atoms with Gasteiger partial charge >= 0.3 is 5.97 Å². The molecule has 0 fully saturated rings. The molecule has 1 N–H and O–H groups in total. The maximum Gasteiger partial charge on any atom is 0.335 e. The van der Waals surface area contributed by atoms with Crippen LogP contribution in [-0.2, 0) is 9.84 Å². The first-order valence-electron chi connectivity index (χ1n) is 5.49. The van der Waals surface area contributed by atoms with Gasteiger partial charge in [0.1, 0.15) is 10.7 Å². The van der Waals surface area contributed by atoms with Gasteiger partial charge in [0.05, 0.1) is 11.3 Å². The van der Waals surface area contributed by atoms with Gasteiger partial charge in [-0.2, -0.15) is 0 Å². The molecule has 0 heterocycles. The van der Waals surface area contributed by atoms with Crippen LogP contribution in [0.15, 0.2) is 23.1 Å². The summed E-state index contributed by atoms with van der Waals surface area (Å²) in [5, 5.41) is 8.66. The number of hydrogen-bond donors (Lipinski definition) is 1. The van der Waals surface area contributed by atoms with Crippen molar-refractivity contribution in [1.82, 2.24) is 0 Å². The molecular weight excluding hydrogens is 259 g/mol. The van der Waals surface area contributed by atoms with Crippen molar-refractivity contribution < 1.29 is 22.7 Å². The minimum absolute atomic E-state index is 0.145. The molecule has 0 aliphatic carbocycles. The number of carboxylic acids is 1. The van der Waals surface area contributed by atoms with Crippen molar-refractivity contribution in [2.45, 2.75) is 25.2 Å². The molecule has 0 saturated carbocycles. The Bertz CT molecular complexity index is 549. The number of sulfone groups is 1. The molecule has 18 heavy (non-hydrogen) atoms. The second-order valence-electron chi connectivity index (χ2n) is 4.45. The van der Waals surface area contributed by atoms with E-state index in [2.05, 4.69) is 0 Å². The molecule has 4 nitrogen and oxygen atoms in total. The molecule has 0 unspecified atom stereocenters. The Morgan fingerprint density at radius 1 is 1.39 bits per heavy atom. The normalized spacial score (nSPS) is 11.8. The van der Waals surface area contributed by atoms with Crippen LogP contribution in [0.5, 0.6) is 0 Å². The minimum atomic E-state index is -3.70. The summed E-state index contributed by atoms with van der Waals surface area (Å²) in [4.78, 5) is 10.2. The third-order valence-electron chi connectivity index (χ3n) is 2.48. The average Bonchev–Trinajstić information content (AvgIpc) is 2.26. The van der Waals surface area contributed by atoms with Crippen LogP contribution in [0, 0.1) is 11.7 Å². The van der Waals surface area contributed by atoms with Crippen molar-refractivity contribution in [2.75, 3.05) is 5.75 Å². The SMILES string of the molecule is CC(C)CCS(=O)(=O)c1ccc(C(=O)O)cc1F. The summed E-state index contributed by atoms with van der Waals surface area (Å²) in [6.45, 7) is 3.75. The number of aromatic carboxylic acids is 1. The fourth-order valence-corrected chi connectivity index (χ4v) is 3.02. The lowest BCUT2D eigenvalue weighted by Crippen LogP contribution is -2.11. The van der Waals surface area contributed by atoms with Crippen LogP contribution < -0.4 is 0 Å². The molecule has 0 amide bonds. The molecule has 0 atom stereocenters. The predicted molar refractivity (Wildman–Crippen MR) is 64.9 cm³/mol. The van der Waals surface area contributed by atoms with Crippen LogP contribution in [0.1, 0.15) is 30.6 Å². The van der Waals surface area contributed by atoms with Crippen molar-refractivity contribution in [3.05, 3.63) is 29.6 Å². The minimum Gasteiger partial charge on any atom is -0.478 e. The molecule has 0 aromatic heterocycles. The Morgan fingerprint density at radius 3 is 2.44 bits per heavy atom. The Morgan fingerprint density at radius 2 is 2.00 bits per heavy atom. The summed E-state index contributed by atoms with van der Waals surface area (Å²) in [6, 6.07) is 2.83. The number of benzene rings is 1. The molecule has 0 spiro atoms. The Balaban J connectivity index is 3.06. The first kappa shape index (κ1) is 14.6. The van der Waals surface area contributed by atoms with E-state index < -0.39 is 26.5 Å². The molecule has 0 aliphatic heterocycles. The zero-order valence-electron chi connectivity index (χ0n) is 10.2. The standard InChI is InChI=1S/C12H15FO4S/c1-8(2)5-6-18(16,17)11-4-3-9(12(14)15)7-10(11)13/h3-4,7-8H,5-6H2,1-2H3,(H,14,15). The smallest absolute Gasteiger partial charge is 0.335 e. The second-order valence-corrected chi connectivity index (χ2v) is 6.53. The maximum absolute atomic E-state index is 13.6. The van der Waals surface area contributed by atoms with Gasteiger partial charge in [-0.15, -0.1) is 0 Å².